The van der Waals surface area contributed by atoms with Gasteiger partial charge in [-0.1, -0.05) is 34.6 Å². The molecule has 5 nitrogen and oxygen atoms in total. The number of nitrogens with one attached hydrogen (secondary N) is 2. The normalized spacial score (nSPS) is 17.6. The third kappa shape index (κ3) is 2.96. The molecule has 1 heterocycles. The van der Waals surface area contributed by atoms with Crippen LogP contribution in [0.3, 0.4) is 0 Å². The zero-order chi connectivity index (χ0) is 14.3. The second-order valence-corrected chi connectivity index (χ2v) is 6.96. The number of aromatic amines is 1. The third-order valence-corrected chi connectivity index (χ3v) is 4.12. The number of amides is 1. The average molecular weight is 264 g/mol. The van der Waals surface area contributed by atoms with Crippen molar-refractivity contribution in [3.63, 3.8) is 0 Å². The van der Waals surface area contributed by atoms with Gasteiger partial charge in [-0.3, -0.25) is 9.89 Å². The molecular weight excluding hydrogens is 240 g/mol. The topological polar surface area (TPSA) is 70.7 Å². The van der Waals surface area contributed by atoms with Gasteiger partial charge in [0.15, 0.2) is 0 Å². The van der Waals surface area contributed by atoms with Crippen molar-refractivity contribution >= 4 is 5.91 Å². The Bertz CT molecular complexity index is 466. The zero-order valence-corrected chi connectivity index (χ0v) is 12.5. The number of hydrogen-bond donors (Lipinski definition) is 2. The molecule has 0 unspecified atom stereocenters. The number of nitrogens with zero attached hydrogens (tertiary/aromatic N) is 2. The van der Waals surface area contributed by atoms with E-state index in [4.69, 9.17) is 0 Å². The molecule has 1 aromatic heterocycles. The van der Waals surface area contributed by atoms with Crippen molar-refractivity contribution < 1.29 is 4.79 Å². The Morgan fingerprint density at radius 1 is 1.42 bits per heavy atom. The summed E-state index contributed by atoms with van der Waals surface area (Å²) >= 11 is 0. The molecular formula is C14H24N4O. The Labute approximate surface area is 114 Å². The molecule has 1 aromatic rings. The van der Waals surface area contributed by atoms with E-state index in [1.165, 1.54) is 12.8 Å². The first-order valence-corrected chi connectivity index (χ1v) is 6.96. The van der Waals surface area contributed by atoms with Gasteiger partial charge >= 0.3 is 0 Å². The smallest absolute Gasteiger partial charge is 0.290 e. The van der Waals surface area contributed by atoms with Crippen LogP contribution in [0.4, 0.5) is 0 Å². The minimum Gasteiger partial charge on any atom is -0.349 e. The fraction of sp³-hybridized carbons (Fsp3) is 0.786. The van der Waals surface area contributed by atoms with E-state index in [-0.39, 0.29) is 17.1 Å². The Balaban J connectivity index is 1.96. The molecule has 2 rings (SSSR count). The molecule has 1 aliphatic rings. The summed E-state index contributed by atoms with van der Waals surface area (Å²) in [5.41, 5.74) is 0.181. The zero-order valence-electron chi connectivity index (χ0n) is 12.5. The second kappa shape index (κ2) is 4.62. The van der Waals surface area contributed by atoms with E-state index in [0.717, 1.165) is 12.4 Å². The van der Waals surface area contributed by atoms with Gasteiger partial charge in [0.1, 0.15) is 5.82 Å². The largest absolute Gasteiger partial charge is 0.349 e. The van der Waals surface area contributed by atoms with Crippen molar-refractivity contribution in [1.82, 2.24) is 20.5 Å². The highest BCUT2D eigenvalue weighted by molar-refractivity contribution is 5.90. The summed E-state index contributed by atoms with van der Waals surface area (Å²) in [7, 11) is 0. The molecule has 1 fully saturated rings. The first-order valence-electron chi connectivity index (χ1n) is 6.96. The average Bonchev–Trinajstić information content (AvgIpc) is 2.92. The number of carbonyl (C=O) groups is 1. The van der Waals surface area contributed by atoms with Crippen LogP contribution in [0, 0.1) is 11.3 Å². The summed E-state index contributed by atoms with van der Waals surface area (Å²) in [5, 5.41) is 9.80. The van der Waals surface area contributed by atoms with Crippen LogP contribution in [0.25, 0.3) is 0 Å². The summed E-state index contributed by atoms with van der Waals surface area (Å²) in [6.45, 7) is 11.3. The van der Waals surface area contributed by atoms with E-state index in [1.54, 1.807) is 0 Å². The van der Waals surface area contributed by atoms with Crippen molar-refractivity contribution in [2.45, 2.75) is 52.9 Å². The van der Waals surface area contributed by atoms with E-state index < -0.39 is 0 Å². The van der Waals surface area contributed by atoms with Crippen molar-refractivity contribution in [3.05, 3.63) is 11.6 Å². The molecule has 0 aromatic carbocycles. The monoisotopic (exact) mass is 264 g/mol. The third-order valence-electron chi connectivity index (χ3n) is 4.12. The summed E-state index contributed by atoms with van der Waals surface area (Å²) in [6.07, 6.45) is 2.40. The molecule has 0 bridgehead atoms. The number of carbonyl (C=O) groups excluding carboxylic acids is 1. The van der Waals surface area contributed by atoms with E-state index in [2.05, 4.69) is 34.3 Å². The van der Waals surface area contributed by atoms with Gasteiger partial charge in [-0.05, 0) is 24.2 Å². The molecule has 1 amide bonds. The van der Waals surface area contributed by atoms with Crippen LogP contribution in [0.5, 0.6) is 0 Å². The summed E-state index contributed by atoms with van der Waals surface area (Å²) < 4.78 is 0. The standard InChI is InChI=1S/C14H24N4O/c1-9(2)14(6-7-14)8-15-11(19)10-16-12(18-17-10)13(3,4)5/h9H,6-8H2,1-5H3,(H,15,19)(H,16,17,18). The fourth-order valence-electron chi connectivity index (χ4n) is 2.15. The molecule has 5 heteroatoms. The Morgan fingerprint density at radius 2 is 2.05 bits per heavy atom. The lowest BCUT2D eigenvalue weighted by Crippen LogP contribution is -2.33. The van der Waals surface area contributed by atoms with Crippen LogP contribution in [0.15, 0.2) is 0 Å². The molecule has 0 spiro atoms. The van der Waals surface area contributed by atoms with Crippen LogP contribution in [0.2, 0.25) is 0 Å². The summed E-state index contributed by atoms with van der Waals surface area (Å²) in [5.74, 6) is 1.40. The first kappa shape index (κ1) is 14.0. The fourth-order valence-corrected chi connectivity index (χ4v) is 2.15. The lowest BCUT2D eigenvalue weighted by atomic mass is 9.92. The predicted octanol–water partition coefficient (Wildman–Crippen LogP) is 2.27. The van der Waals surface area contributed by atoms with E-state index >= 15 is 0 Å². The van der Waals surface area contributed by atoms with Crippen LogP contribution >= 0.6 is 0 Å². The number of rotatable bonds is 4. The molecule has 0 radical (unpaired) electrons. The minimum atomic E-state index is -0.182. The van der Waals surface area contributed by atoms with Gasteiger partial charge in [0.2, 0.25) is 5.82 Å². The maximum Gasteiger partial charge on any atom is 0.290 e. The highest BCUT2D eigenvalue weighted by Crippen LogP contribution is 2.51. The molecule has 2 N–H and O–H groups in total. The second-order valence-electron chi connectivity index (χ2n) is 6.96. The lowest BCUT2D eigenvalue weighted by molar-refractivity contribution is 0.0929. The van der Waals surface area contributed by atoms with Crippen LogP contribution < -0.4 is 5.32 Å². The van der Waals surface area contributed by atoms with Crippen LogP contribution in [-0.4, -0.2) is 27.6 Å². The highest BCUT2D eigenvalue weighted by atomic mass is 16.2. The van der Waals surface area contributed by atoms with E-state index in [9.17, 15) is 4.79 Å². The van der Waals surface area contributed by atoms with Crippen LogP contribution in [0.1, 0.15) is 63.9 Å². The van der Waals surface area contributed by atoms with Crippen molar-refractivity contribution in [1.29, 1.82) is 0 Å². The molecule has 1 aliphatic carbocycles. The summed E-state index contributed by atoms with van der Waals surface area (Å²) in [4.78, 5) is 16.3. The SMILES string of the molecule is CC(C)C1(CNC(=O)c2n[nH]c(C(C)(C)C)n2)CC1. The molecule has 1 saturated carbocycles. The van der Waals surface area contributed by atoms with Gasteiger partial charge in [0.05, 0.1) is 0 Å². The van der Waals surface area contributed by atoms with Gasteiger partial charge in [-0.25, -0.2) is 4.98 Å². The first-order chi connectivity index (χ1) is 8.74. The van der Waals surface area contributed by atoms with Gasteiger partial charge in [-0.15, -0.1) is 5.10 Å². The maximum absolute atomic E-state index is 12.0. The number of H-pyrrole nitrogens is 1. The maximum atomic E-state index is 12.0. The number of aromatic nitrogens is 3. The minimum absolute atomic E-state index is 0.124. The molecule has 0 atom stereocenters. The molecule has 19 heavy (non-hydrogen) atoms. The van der Waals surface area contributed by atoms with Gasteiger partial charge in [0.25, 0.3) is 5.91 Å². The summed E-state index contributed by atoms with van der Waals surface area (Å²) in [6, 6.07) is 0. The Hall–Kier alpha value is -1.39. The van der Waals surface area contributed by atoms with Crippen molar-refractivity contribution in [2.75, 3.05) is 6.54 Å². The Morgan fingerprint density at radius 3 is 2.47 bits per heavy atom. The lowest BCUT2D eigenvalue weighted by Gasteiger charge is -2.19. The Kier molecular flexibility index (Phi) is 3.41. The van der Waals surface area contributed by atoms with E-state index in [1.807, 2.05) is 20.8 Å². The predicted molar refractivity (Wildman–Crippen MR) is 73.9 cm³/mol. The molecule has 0 aliphatic heterocycles. The molecule has 106 valence electrons. The van der Waals surface area contributed by atoms with Crippen molar-refractivity contribution in [3.8, 4) is 0 Å². The quantitative estimate of drug-likeness (QED) is 0.876. The van der Waals surface area contributed by atoms with Crippen LogP contribution in [-0.2, 0) is 5.41 Å². The highest BCUT2D eigenvalue weighted by Gasteiger charge is 2.45. The van der Waals surface area contributed by atoms with Crippen molar-refractivity contribution in [2.24, 2.45) is 11.3 Å². The van der Waals surface area contributed by atoms with E-state index in [0.29, 0.717) is 11.3 Å². The van der Waals surface area contributed by atoms with Gasteiger partial charge < -0.3 is 5.32 Å². The van der Waals surface area contributed by atoms with Gasteiger partial charge in [0, 0.05) is 12.0 Å². The van der Waals surface area contributed by atoms with Gasteiger partial charge in [-0.2, -0.15) is 0 Å². The number of hydrogen-bond acceptors (Lipinski definition) is 3. The molecule has 0 saturated heterocycles.